The molecular formula is C21H25NO3. The number of aliphatic hydroxyl groups is 1. The third kappa shape index (κ3) is 3.54. The smallest absolute Gasteiger partial charge is 0.412 e. The summed E-state index contributed by atoms with van der Waals surface area (Å²) in [5.41, 5.74) is 0.0202. The number of benzene rings is 2. The molecule has 1 amide bonds. The number of ether oxygens (including phenoxy) is 1. The number of nitrogens with zero attached hydrogens (tertiary/aromatic N) is 1. The lowest BCUT2D eigenvalue weighted by Crippen LogP contribution is -2.55. The van der Waals surface area contributed by atoms with Crippen LogP contribution in [0, 0.1) is 0 Å². The molecule has 1 heterocycles. The molecule has 0 aromatic heterocycles. The zero-order valence-electron chi connectivity index (χ0n) is 14.8. The summed E-state index contributed by atoms with van der Waals surface area (Å²) in [5.74, 6) is 0. The summed E-state index contributed by atoms with van der Waals surface area (Å²) in [6.07, 6.45) is 1.54. The van der Waals surface area contributed by atoms with Gasteiger partial charge in [0, 0.05) is 6.54 Å². The van der Waals surface area contributed by atoms with Crippen LogP contribution in [0.2, 0.25) is 0 Å². The Morgan fingerprint density at radius 2 is 1.44 bits per heavy atom. The summed E-state index contributed by atoms with van der Waals surface area (Å²) in [5, 5.41) is 11.1. The highest BCUT2D eigenvalue weighted by Crippen LogP contribution is 2.40. The molecule has 2 aromatic rings. The summed E-state index contributed by atoms with van der Waals surface area (Å²) in [6, 6.07) is 20.0. The molecule has 0 radical (unpaired) electrons. The highest BCUT2D eigenvalue weighted by atomic mass is 16.6. The molecule has 0 unspecified atom stereocenters. The fourth-order valence-corrected chi connectivity index (χ4v) is 3.32. The van der Waals surface area contributed by atoms with Crippen LogP contribution in [0.5, 0.6) is 0 Å². The van der Waals surface area contributed by atoms with Gasteiger partial charge < -0.3 is 9.84 Å². The van der Waals surface area contributed by atoms with Crippen LogP contribution in [0.3, 0.4) is 0 Å². The minimum atomic E-state index is -1.34. The normalized spacial score (nSPS) is 25.9. The van der Waals surface area contributed by atoms with Crippen molar-refractivity contribution in [3.8, 4) is 0 Å². The van der Waals surface area contributed by atoms with Crippen molar-refractivity contribution in [2.45, 2.75) is 44.4 Å². The maximum absolute atomic E-state index is 12.4. The first-order valence-corrected chi connectivity index (χ1v) is 8.73. The molecule has 3 rings (SSSR count). The highest BCUT2D eigenvalue weighted by molar-refractivity contribution is 5.72. The predicted molar refractivity (Wildman–Crippen MR) is 97.1 cm³/mol. The van der Waals surface area contributed by atoms with Gasteiger partial charge in [0.25, 0.3) is 0 Å². The van der Waals surface area contributed by atoms with Gasteiger partial charge in [-0.25, -0.2) is 4.79 Å². The Kier molecular flexibility index (Phi) is 4.82. The van der Waals surface area contributed by atoms with E-state index in [-0.39, 0.29) is 0 Å². The third-order valence-electron chi connectivity index (χ3n) is 5.26. The Labute approximate surface area is 149 Å². The van der Waals surface area contributed by atoms with Gasteiger partial charge in [0.15, 0.2) is 11.3 Å². The summed E-state index contributed by atoms with van der Waals surface area (Å²) in [4.78, 5) is 13.8. The van der Waals surface area contributed by atoms with Crippen molar-refractivity contribution in [1.29, 1.82) is 0 Å². The largest absolute Gasteiger partial charge is 0.438 e. The number of rotatable bonds is 6. The SMILES string of the molecule is C[C@]1(O)N(CCc2ccccc2)C(=O)O[C@@]1(C)CCc1ccccc1. The first-order valence-electron chi connectivity index (χ1n) is 8.73. The van der Waals surface area contributed by atoms with E-state index >= 15 is 0 Å². The molecule has 4 heteroatoms. The van der Waals surface area contributed by atoms with Crippen molar-refractivity contribution in [2.24, 2.45) is 0 Å². The predicted octanol–water partition coefficient (Wildman–Crippen LogP) is 3.78. The zero-order chi connectivity index (χ0) is 17.9. The molecule has 2 atom stereocenters. The minimum absolute atomic E-state index is 0.427. The van der Waals surface area contributed by atoms with Crippen LogP contribution in [0.25, 0.3) is 0 Å². The Balaban J connectivity index is 1.68. The van der Waals surface area contributed by atoms with Gasteiger partial charge in [0.2, 0.25) is 0 Å². The monoisotopic (exact) mass is 339 g/mol. The first kappa shape index (κ1) is 17.5. The van der Waals surface area contributed by atoms with Crippen molar-refractivity contribution in [3.05, 3.63) is 71.8 Å². The number of hydrogen-bond acceptors (Lipinski definition) is 3. The quantitative estimate of drug-likeness (QED) is 0.871. The zero-order valence-corrected chi connectivity index (χ0v) is 14.8. The van der Waals surface area contributed by atoms with Crippen LogP contribution in [0.15, 0.2) is 60.7 Å². The van der Waals surface area contributed by atoms with Gasteiger partial charge in [-0.1, -0.05) is 60.7 Å². The summed E-state index contributed by atoms with van der Waals surface area (Å²) in [7, 11) is 0. The van der Waals surface area contributed by atoms with Gasteiger partial charge in [-0.2, -0.15) is 0 Å². The van der Waals surface area contributed by atoms with E-state index in [1.807, 2.05) is 67.6 Å². The number of carbonyl (C=O) groups is 1. The van der Waals surface area contributed by atoms with Gasteiger partial charge in [-0.05, 0) is 44.2 Å². The van der Waals surface area contributed by atoms with Gasteiger partial charge in [0.05, 0.1) is 0 Å². The van der Waals surface area contributed by atoms with E-state index in [0.29, 0.717) is 19.4 Å². The lowest BCUT2D eigenvalue weighted by molar-refractivity contribution is -0.138. The molecule has 1 aliphatic rings. The average Bonchev–Trinajstić information content (AvgIpc) is 2.78. The molecule has 2 aromatic carbocycles. The van der Waals surface area contributed by atoms with E-state index in [1.54, 1.807) is 6.92 Å². The molecule has 1 fully saturated rings. The lowest BCUT2D eigenvalue weighted by atomic mass is 9.87. The molecular weight excluding hydrogens is 314 g/mol. The number of carbonyl (C=O) groups excluding carboxylic acids is 1. The van der Waals surface area contributed by atoms with E-state index in [0.717, 1.165) is 12.0 Å². The van der Waals surface area contributed by atoms with E-state index < -0.39 is 17.4 Å². The third-order valence-corrected chi connectivity index (χ3v) is 5.26. The Morgan fingerprint density at radius 3 is 2.00 bits per heavy atom. The van der Waals surface area contributed by atoms with E-state index in [9.17, 15) is 9.90 Å². The van der Waals surface area contributed by atoms with Crippen molar-refractivity contribution >= 4 is 6.09 Å². The highest BCUT2D eigenvalue weighted by Gasteiger charge is 2.58. The molecule has 0 aliphatic carbocycles. The van der Waals surface area contributed by atoms with Gasteiger partial charge in [0.1, 0.15) is 0 Å². The first-order chi connectivity index (χ1) is 11.9. The van der Waals surface area contributed by atoms with E-state index in [2.05, 4.69) is 0 Å². The molecule has 1 N–H and O–H groups in total. The standard InChI is InChI=1S/C21H25NO3/c1-20(15-13-17-9-5-3-6-10-17)21(2,24)22(19(23)25-20)16-14-18-11-7-4-8-12-18/h3-12,24H,13-16H2,1-2H3/t20-,21+/m0/s1. The molecule has 25 heavy (non-hydrogen) atoms. The molecule has 0 bridgehead atoms. The van der Waals surface area contributed by atoms with Gasteiger partial charge >= 0.3 is 6.09 Å². The maximum Gasteiger partial charge on any atom is 0.412 e. The van der Waals surface area contributed by atoms with Gasteiger partial charge in [-0.15, -0.1) is 0 Å². The summed E-state index contributed by atoms with van der Waals surface area (Å²) < 4.78 is 5.62. The summed E-state index contributed by atoms with van der Waals surface area (Å²) in [6.45, 7) is 3.92. The van der Waals surface area contributed by atoms with Crippen LogP contribution in [-0.2, 0) is 17.6 Å². The molecule has 132 valence electrons. The fourth-order valence-electron chi connectivity index (χ4n) is 3.32. The lowest BCUT2D eigenvalue weighted by Gasteiger charge is -2.37. The van der Waals surface area contributed by atoms with Crippen LogP contribution < -0.4 is 0 Å². The Hall–Kier alpha value is -2.33. The second-order valence-corrected chi connectivity index (χ2v) is 6.99. The number of aryl methyl sites for hydroxylation is 1. The second-order valence-electron chi connectivity index (χ2n) is 6.99. The van der Waals surface area contributed by atoms with E-state index in [4.69, 9.17) is 4.74 Å². The van der Waals surface area contributed by atoms with Crippen molar-refractivity contribution < 1.29 is 14.6 Å². The Morgan fingerprint density at radius 1 is 0.920 bits per heavy atom. The molecule has 1 saturated heterocycles. The van der Waals surface area contributed by atoms with Crippen molar-refractivity contribution in [1.82, 2.24) is 4.90 Å². The number of amides is 1. The minimum Gasteiger partial charge on any atom is -0.438 e. The van der Waals surface area contributed by atoms with E-state index in [1.165, 1.54) is 10.5 Å². The van der Waals surface area contributed by atoms with Crippen LogP contribution in [-0.4, -0.2) is 34.0 Å². The molecule has 1 aliphatic heterocycles. The number of cyclic esters (lactones) is 1. The molecule has 4 nitrogen and oxygen atoms in total. The number of hydrogen-bond donors (Lipinski definition) is 1. The van der Waals surface area contributed by atoms with Crippen molar-refractivity contribution in [2.75, 3.05) is 6.54 Å². The topological polar surface area (TPSA) is 49.8 Å². The summed E-state index contributed by atoms with van der Waals surface area (Å²) >= 11 is 0. The van der Waals surface area contributed by atoms with Crippen molar-refractivity contribution in [3.63, 3.8) is 0 Å². The van der Waals surface area contributed by atoms with Gasteiger partial charge in [-0.3, -0.25) is 4.90 Å². The maximum atomic E-state index is 12.4. The second kappa shape index (κ2) is 6.89. The van der Waals surface area contributed by atoms with Crippen LogP contribution in [0.1, 0.15) is 31.4 Å². The average molecular weight is 339 g/mol. The Bertz CT molecular complexity index is 714. The fraction of sp³-hybridized carbons (Fsp3) is 0.381. The molecule has 0 spiro atoms. The van der Waals surface area contributed by atoms with Crippen LogP contribution in [0.4, 0.5) is 4.79 Å². The van der Waals surface area contributed by atoms with Crippen LogP contribution >= 0.6 is 0 Å². The molecule has 0 saturated carbocycles.